The van der Waals surface area contributed by atoms with Crippen molar-refractivity contribution in [3.63, 3.8) is 0 Å². The topological polar surface area (TPSA) is 52.7 Å². The Morgan fingerprint density at radius 1 is 1.41 bits per heavy atom. The quantitative estimate of drug-likeness (QED) is 0.748. The summed E-state index contributed by atoms with van der Waals surface area (Å²) in [5.41, 5.74) is 2.41. The van der Waals surface area contributed by atoms with Crippen LogP contribution in [0.4, 0.5) is 0 Å². The van der Waals surface area contributed by atoms with E-state index in [1.807, 2.05) is 31.8 Å². The highest BCUT2D eigenvalue weighted by Crippen LogP contribution is 2.10. The summed E-state index contributed by atoms with van der Waals surface area (Å²) in [7, 11) is 1.82. The van der Waals surface area contributed by atoms with Crippen LogP contribution in [0.1, 0.15) is 28.5 Å². The van der Waals surface area contributed by atoms with Gasteiger partial charge in [-0.25, -0.2) is 0 Å². The van der Waals surface area contributed by atoms with Gasteiger partial charge < -0.3 is 0 Å². The average molecular weight is 232 g/mol. The molecule has 2 aromatic heterocycles. The maximum Gasteiger partial charge on any atom is 0.170 e. The molecule has 0 spiro atoms. The fraction of sp³-hybridized carbons (Fsp3) is 0.417. The summed E-state index contributed by atoms with van der Waals surface area (Å²) in [6.07, 6.45) is 5.80. The van der Waals surface area contributed by atoms with E-state index in [0.717, 1.165) is 17.8 Å². The molecule has 0 N–H and O–H groups in total. The molecular weight excluding hydrogens is 216 g/mol. The van der Waals surface area contributed by atoms with E-state index < -0.39 is 0 Å². The van der Waals surface area contributed by atoms with Crippen molar-refractivity contribution >= 4 is 5.78 Å². The lowest BCUT2D eigenvalue weighted by Crippen LogP contribution is -2.03. The van der Waals surface area contributed by atoms with E-state index in [1.54, 1.807) is 17.1 Å². The molecule has 0 aromatic carbocycles. The molecule has 0 aliphatic heterocycles. The first-order valence-electron chi connectivity index (χ1n) is 5.65. The van der Waals surface area contributed by atoms with Gasteiger partial charge in [0.1, 0.15) is 0 Å². The van der Waals surface area contributed by atoms with Crippen molar-refractivity contribution in [2.45, 2.75) is 26.8 Å². The molecule has 0 radical (unpaired) electrons. The summed E-state index contributed by atoms with van der Waals surface area (Å²) in [6.45, 7) is 4.69. The van der Waals surface area contributed by atoms with Crippen LogP contribution in [0, 0.1) is 6.92 Å². The van der Waals surface area contributed by atoms with Gasteiger partial charge in [-0.2, -0.15) is 10.2 Å². The summed E-state index contributed by atoms with van der Waals surface area (Å²) in [5.74, 6) is 0.0891. The van der Waals surface area contributed by atoms with Crippen LogP contribution in [0.15, 0.2) is 18.6 Å². The van der Waals surface area contributed by atoms with E-state index in [-0.39, 0.29) is 5.78 Å². The number of carbonyl (C=O) groups is 1. The SMILES string of the molecule is CCn1cc(CC(=O)c2cn(C)nc2C)cn1. The van der Waals surface area contributed by atoms with Crippen molar-refractivity contribution in [3.8, 4) is 0 Å². The summed E-state index contributed by atoms with van der Waals surface area (Å²) in [5, 5.41) is 8.32. The zero-order valence-corrected chi connectivity index (χ0v) is 10.3. The molecule has 2 rings (SSSR count). The Balaban J connectivity index is 2.14. The van der Waals surface area contributed by atoms with Crippen molar-refractivity contribution in [2.75, 3.05) is 0 Å². The fourth-order valence-corrected chi connectivity index (χ4v) is 1.82. The lowest BCUT2D eigenvalue weighted by Gasteiger charge is -1.96. The van der Waals surface area contributed by atoms with Gasteiger partial charge in [-0.15, -0.1) is 0 Å². The molecule has 0 fully saturated rings. The number of carbonyl (C=O) groups excluding carboxylic acids is 1. The Hall–Kier alpha value is -1.91. The van der Waals surface area contributed by atoms with Crippen LogP contribution >= 0.6 is 0 Å². The third kappa shape index (κ3) is 2.43. The molecule has 0 saturated carbocycles. The lowest BCUT2D eigenvalue weighted by molar-refractivity contribution is 0.0992. The summed E-state index contributed by atoms with van der Waals surface area (Å²) < 4.78 is 3.48. The predicted octanol–water partition coefficient (Wildman–Crippen LogP) is 1.37. The standard InChI is InChI=1S/C12H16N4O/c1-4-16-7-10(6-13-16)5-12(17)11-8-15(3)14-9(11)2/h6-8H,4-5H2,1-3H3. The molecule has 2 heterocycles. The largest absolute Gasteiger partial charge is 0.294 e. The Morgan fingerprint density at radius 2 is 2.18 bits per heavy atom. The van der Waals surface area contributed by atoms with Crippen LogP contribution < -0.4 is 0 Å². The second-order valence-electron chi connectivity index (χ2n) is 4.11. The van der Waals surface area contributed by atoms with E-state index in [0.29, 0.717) is 12.0 Å². The maximum atomic E-state index is 12.1. The monoisotopic (exact) mass is 232 g/mol. The maximum absolute atomic E-state index is 12.1. The molecule has 2 aromatic rings. The van der Waals surface area contributed by atoms with Gasteiger partial charge in [0, 0.05) is 32.4 Å². The first-order valence-corrected chi connectivity index (χ1v) is 5.65. The zero-order valence-electron chi connectivity index (χ0n) is 10.3. The molecule has 0 unspecified atom stereocenters. The van der Waals surface area contributed by atoms with E-state index in [1.165, 1.54) is 0 Å². The average Bonchev–Trinajstić information content (AvgIpc) is 2.85. The number of rotatable bonds is 4. The molecule has 0 atom stereocenters. The number of hydrogen-bond donors (Lipinski definition) is 0. The van der Waals surface area contributed by atoms with Crippen molar-refractivity contribution in [3.05, 3.63) is 35.4 Å². The van der Waals surface area contributed by atoms with Gasteiger partial charge in [-0.3, -0.25) is 14.2 Å². The van der Waals surface area contributed by atoms with E-state index in [2.05, 4.69) is 10.2 Å². The third-order valence-corrected chi connectivity index (χ3v) is 2.69. The summed E-state index contributed by atoms with van der Waals surface area (Å²) >= 11 is 0. The first kappa shape index (κ1) is 11.6. The number of Topliss-reactive ketones (excluding diaryl/α,β-unsaturated/α-hetero) is 1. The number of aromatic nitrogens is 4. The van der Waals surface area contributed by atoms with Gasteiger partial charge in [-0.1, -0.05) is 0 Å². The van der Waals surface area contributed by atoms with Crippen molar-refractivity contribution in [1.29, 1.82) is 0 Å². The van der Waals surface area contributed by atoms with Crippen LogP contribution in [0.25, 0.3) is 0 Å². The van der Waals surface area contributed by atoms with Crippen LogP contribution in [0.2, 0.25) is 0 Å². The normalized spacial score (nSPS) is 10.8. The highest BCUT2D eigenvalue weighted by atomic mass is 16.1. The summed E-state index contributed by atoms with van der Waals surface area (Å²) in [4.78, 5) is 12.1. The first-order chi connectivity index (χ1) is 8.10. The minimum absolute atomic E-state index is 0.0891. The molecule has 0 amide bonds. The number of aryl methyl sites for hydroxylation is 3. The fourth-order valence-electron chi connectivity index (χ4n) is 1.82. The third-order valence-electron chi connectivity index (χ3n) is 2.69. The smallest absolute Gasteiger partial charge is 0.170 e. The van der Waals surface area contributed by atoms with E-state index in [4.69, 9.17) is 0 Å². The van der Waals surface area contributed by atoms with Crippen LogP contribution in [-0.2, 0) is 20.0 Å². The van der Waals surface area contributed by atoms with E-state index in [9.17, 15) is 4.79 Å². The molecule has 5 heteroatoms. The predicted molar refractivity (Wildman–Crippen MR) is 63.9 cm³/mol. The molecule has 0 saturated heterocycles. The Labute approximate surface area is 100 Å². The second-order valence-corrected chi connectivity index (χ2v) is 4.11. The molecule has 0 aliphatic rings. The van der Waals surface area contributed by atoms with Crippen LogP contribution in [-0.4, -0.2) is 25.3 Å². The van der Waals surface area contributed by atoms with Gasteiger partial charge in [0.25, 0.3) is 0 Å². The summed E-state index contributed by atoms with van der Waals surface area (Å²) in [6, 6.07) is 0. The molecule has 0 aliphatic carbocycles. The van der Waals surface area contributed by atoms with Crippen LogP contribution in [0.3, 0.4) is 0 Å². The minimum Gasteiger partial charge on any atom is -0.294 e. The molecule has 5 nitrogen and oxygen atoms in total. The zero-order chi connectivity index (χ0) is 12.4. The van der Waals surface area contributed by atoms with Crippen molar-refractivity contribution < 1.29 is 4.79 Å². The van der Waals surface area contributed by atoms with Crippen molar-refractivity contribution in [1.82, 2.24) is 19.6 Å². The Morgan fingerprint density at radius 3 is 2.71 bits per heavy atom. The molecule has 17 heavy (non-hydrogen) atoms. The van der Waals surface area contributed by atoms with Gasteiger partial charge >= 0.3 is 0 Å². The van der Waals surface area contributed by atoms with Crippen molar-refractivity contribution in [2.24, 2.45) is 7.05 Å². The Bertz CT molecular complexity index is 538. The molecule has 0 bridgehead atoms. The lowest BCUT2D eigenvalue weighted by atomic mass is 10.1. The highest BCUT2D eigenvalue weighted by Gasteiger charge is 2.13. The van der Waals surface area contributed by atoms with Gasteiger partial charge in [0.2, 0.25) is 0 Å². The van der Waals surface area contributed by atoms with Gasteiger partial charge in [0.05, 0.1) is 17.5 Å². The van der Waals surface area contributed by atoms with Gasteiger partial charge in [0.15, 0.2) is 5.78 Å². The highest BCUT2D eigenvalue weighted by molar-refractivity contribution is 5.98. The second kappa shape index (κ2) is 4.53. The van der Waals surface area contributed by atoms with Gasteiger partial charge in [-0.05, 0) is 19.4 Å². The molecule has 90 valence electrons. The number of ketones is 1. The van der Waals surface area contributed by atoms with Crippen LogP contribution in [0.5, 0.6) is 0 Å². The van der Waals surface area contributed by atoms with E-state index >= 15 is 0 Å². The molecular formula is C12H16N4O. The Kier molecular flexibility index (Phi) is 3.08. The number of nitrogens with zero attached hydrogens (tertiary/aromatic N) is 4. The number of hydrogen-bond acceptors (Lipinski definition) is 3. The minimum atomic E-state index is 0.0891.